The first kappa shape index (κ1) is 21.9. The first-order valence-corrected chi connectivity index (χ1v) is 8.53. The van der Waals surface area contributed by atoms with Crippen LogP contribution in [-0.2, 0) is 9.53 Å². The summed E-state index contributed by atoms with van der Waals surface area (Å²) in [5, 5.41) is 10.9. The Hall–Kier alpha value is -2.39. The number of carbonyl (C=O) groups excluding carboxylic acids is 1. The van der Waals surface area contributed by atoms with Gasteiger partial charge in [-0.15, -0.1) is 0 Å². The number of pyridine rings is 1. The van der Waals surface area contributed by atoms with Crippen molar-refractivity contribution in [2.24, 2.45) is 5.41 Å². The number of esters is 1. The summed E-state index contributed by atoms with van der Waals surface area (Å²) in [4.78, 5) is 17.1. The Bertz CT molecular complexity index is 1030. The number of nitriles is 1. The van der Waals surface area contributed by atoms with Crippen molar-refractivity contribution in [2.45, 2.75) is 12.8 Å². The molecule has 0 fully saturated rings. The van der Waals surface area contributed by atoms with Crippen LogP contribution in [0.15, 0.2) is 60.8 Å². The van der Waals surface area contributed by atoms with Crippen molar-refractivity contribution in [3.8, 4) is 11.8 Å². The maximum absolute atomic E-state index is 12.7. The number of hydrogen-bond acceptors (Lipinski definition) is 5. The molecule has 138 valence electrons. The summed E-state index contributed by atoms with van der Waals surface area (Å²) in [6.45, 7) is 1.60. The molecule has 2 atom stereocenters. The van der Waals surface area contributed by atoms with Gasteiger partial charge in [-0.2, -0.15) is 5.26 Å². The smallest absolute Gasteiger partial charge is 1.00 e. The fourth-order valence-electron chi connectivity index (χ4n) is 3.50. The molecule has 0 saturated heterocycles. The van der Waals surface area contributed by atoms with E-state index < -0.39 is 17.3 Å². The van der Waals surface area contributed by atoms with Gasteiger partial charge in [0, 0.05) is 23.1 Å². The topological polar surface area (TPSA) is 72.2 Å². The van der Waals surface area contributed by atoms with Crippen LogP contribution in [0.5, 0.6) is 5.75 Å². The number of hydrogen-bond donors (Lipinski definition) is 0. The Labute approximate surface area is 188 Å². The summed E-state index contributed by atoms with van der Waals surface area (Å²) in [6, 6.07) is 19.1. The number of aromatic nitrogens is 1. The maximum Gasteiger partial charge on any atom is 1.00 e. The quantitative estimate of drug-likeness (QED) is 0.488. The van der Waals surface area contributed by atoms with E-state index in [0.717, 1.165) is 22.0 Å². The number of fused-ring (bicyclic) bond motifs is 1. The molecule has 1 heterocycles. The number of rotatable bonds is 5. The molecule has 0 aliphatic carbocycles. The normalized spacial score (nSPS) is 13.5. The second kappa shape index (κ2) is 9.20. The first-order chi connectivity index (χ1) is 13.1. The molecule has 0 radical (unpaired) electrons. The van der Waals surface area contributed by atoms with Gasteiger partial charge >= 0.3 is 35.5 Å². The minimum absolute atomic E-state index is 0. The van der Waals surface area contributed by atoms with Gasteiger partial charge in [0.2, 0.25) is 0 Å². The van der Waals surface area contributed by atoms with Gasteiger partial charge in [0.1, 0.15) is 5.75 Å². The van der Waals surface area contributed by atoms with Gasteiger partial charge in [-0.05, 0) is 30.7 Å². The fraction of sp³-hybridized carbons (Fsp3) is 0.227. The van der Waals surface area contributed by atoms with Crippen LogP contribution in [0.25, 0.3) is 10.9 Å². The van der Waals surface area contributed by atoms with Gasteiger partial charge < -0.3 is 10.9 Å². The molecule has 0 saturated carbocycles. The molecule has 2 aromatic carbocycles. The van der Waals surface area contributed by atoms with Crippen molar-refractivity contribution >= 4 is 16.9 Å². The third kappa shape index (κ3) is 3.77. The standard InChI is InChI=1S/C22H20N2O3.Na.H/c1-22(14-23,21(25)27-3)20(17-9-5-7-11-19(17)26-2)16-12-13-24-18-10-6-4-8-15(16)18;;/h4-13,20H,1-3H3;;/q;+1;-1. The third-order valence-electron chi connectivity index (χ3n) is 4.86. The zero-order chi connectivity index (χ0) is 19.4. The van der Waals surface area contributed by atoms with Crippen molar-refractivity contribution in [1.29, 1.82) is 5.26 Å². The minimum atomic E-state index is -1.45. The van der Waals surface area contributed by atoms with Gasteiger partial charge in [-0.25, -0.2) is 0 Å². The average Bonchev–Trinajstić information content (AvgIpc) is 2.73. The van der Waals surface area contributed by atoms with Crippen molar-refractivity contribution in [3.05, 3.63) is 71.9 Å². The number of nitrogens with zero attached hydrogens (tertiary/aromatic N) is 2. The van der Waals surface area contributed by atoms with Crippen molar-refractivity contribution < 1.29 is 45.3 Å². The van der Waals surface area contributed by atoms with E-state index in [4.69, 9.17) is 9.47 Å². The van der Waals surface area contributed by atoms with E-state index in [0.29, 0.717) is 5.75 Å². The predicted octanol–water partition coefficient (Wildman–Crippen LogP) is 1.19. The number of benzene rings is 2. The molecule has 3 aromatic rings. The number of para-hydroxylation sites is 2. The molecular formula is C22H21N2NaO3. The van der Waals surface area contributed by atoms with Crippen LogP contribution < -0.4 is 34.3 Å². The van der Waals surface area contributed by atoms with Gasteiger partial charge in [-0.3, -0.25) is 9.78 Å². The van der Waals surface area contributed by atoms with E-state index in [-0.39, 0.29) is 31.0 Å². The summed E-state index contributed by atoms with van der Waals surface area (Å²) in [5.74, 6) is -0.588. The molecule has 6 heteroatoms. The molecule has 0 amide bonds. The molecule has 0 bridgehead atoms. The minimum Gasteiger partial charge on any atom is -1.00 e. The van der Waals surface area contributed by atoms with Crippen molar-refractivity contribution in [3.63, 3.8) is 0 Å². The van der Waals surface area contributed by atoms with Gasteiger partial charge in [-0.1, -0.05) is 36.4 Å². The Morgan fingerprint density at radius 1 is 1.11 bits per heavy atom. The Morgan fingerprint density at radius 2 is 1.79 bits per heavy atom. The van der Waals surface area contributed by atoms with Crippen molar-refractivity contribution in [2.75, 3.05) is 14.2 Å². The van der Waals surface area contributed by atoms with E-state index in [1.165, 1.54) is 7.11 Å². The van der Waals surface area contributed by atoms with E-state index in [1.54, 1.807) is 20.2 Å². The second-order valence-corrected chi connectivity index (χ2v) is 6.40. The summed E-state index contributed by atoms with van der Waals surface area (Å²) < 4.78 is 10.5. The molecule has 0 aliphatic heterocycles. The SMILES string of the molecule is COC(=O)C(C)(C#N)C(c1ccccc1OC)c1ccnc2ccccc12.[H-].[Na+]. The summed E-state index contributed by atoms with van der Waals surface area (Å²) in [6.07, 6.45) is 1.69. The van der Waals surface area contributed by atoms with E-state index in [2.05, 4.69) is 11.1 Å². The largest absolute Gasteiger partial charge is 1.00 e. The fourth-order valence-corrected chi connectivity index (χ4v) is 3.50. The van der Waals surface area contributed by atoms with Gasteiger partial charge in [0.25, 0.3) is 0 Å². The molecule has 5 nitrogen and oxygen atoms in total. The maximum atomic E-state index is 12.7. The summed E-state index contributed by atoms with van der Waals surface area (Å²) in [5.41, 5.74) is 0.901. The number of methoxy groups -OCH3 is 2. The van der Waals surface area contributed by atoms with E-state index >= 15 is 0 Å². The van der Waals surface area contributed by atoms with Crippen LogP contribution in [0.3, 0.4) is 0 Å². The molecule has 1 aromatic heterocycles. The molecule has 0 spiro atoms. The van der Waals surface area contributed by atoms with Crippen LogP contribution in [0.2, 0.25) is 0 Å². The first-order valence-electron chi connectivity index (χ1n) is 8.53. The zero-order valence-electron chi connectivity index (χ0n) is 17.5. The molecular weight excluding hydrogens is 363 g/mol. The van der Waals surface area contributed by atoms with Crippen molar-refractivity contribution in [1.82, 2.24) is 4.98 Å². The summed E-state index contributed by atoms with van der Waals surface area (Å²) >= 11 is 0. The molecule has 0 N–H and O–H groups in total. The monoisotopic (exact) mass is 384 g/mol. The number of carbonyl (C=O) groups is 1. The predicted molar refractivity (Wildman–Crippen MR) is 103 cm³/mol. The average molecular weight is 384 g/mol. The molecule has 2 unspecified atom stereocenters. The van der Waals surface area contributed by atoms with Crippen LogP contribution >= 0.6 is 0 Å². The number of ether oxygens (including phenoxy) is 2. The summed E-state index contributed by atoms with van der Waals surface area (Å²) in [7, 11) is 2.87. The molecule has 28 heavy (non-hydrogen) atoms. The Kier molecular flexibility index (Phi) is 7.20. The van der Waals surface area contributed by atoms with E-state index in [9.17, 15) is 10.1 Å². The molecule has 0 aliphatic rings. The third-order valence-corrected chi connectivity index (χ3v) is 4.86. The Morgan fingerprint density at radius 3 is 2.46 bits per heavy atom. The van der Waals surface area contributed by atoms with Crippen LogP contribution in [0.1, 0.15) is 25.4 Å². The van der Waals surface area contributed by atoms with Gasteiger partial charge in [0.05, 0.1) is 25.8 Å². The second-order valence-electron chi connectivity index (χ2n) is 6.40. The van der Waals surface area contributed by atoms with Gasteiger partial charge in [0.15, 0.2) is 5.41 Å². The van der Waals surface area contributed by atoms with E-state index in [1.807, 2.05) is 54.6 Å². The Balaban J connectivity index is 0.00000210. The zero-order valence-corrected chi connectivity index (χ0v) is 18.5. The molecule has 3 rings (SSSR count). The van der Waals surface area contributed by atoms with Crippen LogP contribution in [0, 0.1) is 16.7 Å². The van der Waals surface area contributed by atoms with Crippen LogP contribution in [-0.4, -0.2) is 25.2 Å². The van der Waals surface area contributed by atoms with Crippen LogP contribution in [0.4, 0.5) is 0 Å².